The Kier molecular flexibility index (Phi) is 3.48. The SMILES string of the molecule is CCC(C)(C)NC(=O)C1Cc2ccccc2S1. The van der Waals surface area contributed by atoms with E-state index in [4.69, 9.17) is 0 Å². The molecule has 2 nitrogen and oxygen atoms in total. The molecule has 1 heterocycles. The molecule has 1 aliphatic heterocycles. The number of carbonyl (C=O) groups is 1. The summed E-state index contributed by atoms with van der Waals surface area (Å²) in [6.07, 6.45) is 1.80. The highest BCUT2D eigenvalue weighted by Gasteiger charge is 2.30. The van der Waals surface area contributed by atoms with E-state index in [0.29, 0.717) is 0 Å². The lowest BCUT2D eigenvalue weighted by atomic mass is 10.0. The van der Waals surface area contributed by atoms with Gasteiger partial charge in [-0.3, -0.25) is 4.79 Å². The summed E-state index contributed by atoms with van der Waals surface area (Å²) in [5, 5.41) is 3.16. The van der Waals surface area contributed by atoms with Crippen LogP contribution in [-0.4, -0.2) is 16.7 Å². The first-order valence-corrected chi connectivity index (χ1v) is 6.96. The zero-order chi connectivity index (χ0) is 12.5. The van der Waals surface area contributed by atoms with Crippen LogP contribution in [0, 0.1) is 0 Å². The van der Waals surface area contributed by atoms with Gasteiger partial charge in [0.2, 0.25) is 5.91 Å². The van der Waals surface area contributed by atoms with Crippen molar-refractivity contribution in [2.24, 2.45) is 0 Å². The Bertz CT molecular complexity index is 403. The molecule has 92 valence electrons. The van der Waals surface area contributed by atoms with Crippen LogP contribution < -0.4 is 5.32 Å². The highest BCUT2D eigenvalue weighted by atomic mass is 32.2. The Labute approximate surface area is 107 Å². The summed E-state index contributed by atoms with van der Waals surface area (Å²) in [5.74, 6) is 0.165. The topological polar surface area (TPSA) is 29.1 Å². The van der Waals surface area contributed by atoms with Crippen molar-refractivity contribution in [3.63, 3.8) is 0 Å². The van der Waals surface area contributed by atoms with Crippen molar-refractivity contribution < 1.29 is 4.79 Å². The molecule has 1 amide bonds. The molecule has 1 unspecified atom stereocenters. The van der Waals surface area contributed by atoms with E-state index in [0.717, 1.165) is 12.8 Å². The molecule has 0 fully saturated rings. The molecule has 17 heavy (non-hydrogen) atoms. The second-order valence-corrected chi connectivity index (χ2v) is 6.39. The van der Waals surface area contributed by atoms with E-state index in [-0.39, 0.29) is 16.7 Å². The van der Waals surface area contributed by atoms with Gasteiger partial charge in [0.15, 0.2) is 0 Å². The summed E-state index contributed by atoms with van der Waals surface area (Å²) in [5.41, 5.74) is 1.19. The summed E-state index contributed by atoms with van der Waals surface area (Å²) in [4.78, 5) is 13.4. The molecule has 1 atom stereocenters. The molecule has 3 heteroatoms. The van der Waals surface area contributed by atoms with Crippen LogP contribution in [0.25, 0.3) is 0 Å². The minimum Gasteiger partial charge on any atom is -0.350 e. The zero-order valence-electron chi connectivity index (χ0n) is 10.6. The van der Waals surface area contributed by atoms with Gasteiger partial charge < -0.3 is 5.32 Å². The van der Waals surface area contributed by atoms with Crippen LogP contribution in [-0.2, 0) is 11.2 Å². The minimum atomic E-state index is -0.105. The molecule has 1 N–H and O–H groups in total. The normalized spacial score (nSPS) is 18.9. The first-order chi connectivity index (χ1) is 8.02. The van der Waals surface area contributed by atoms with Crippen LogP contribution in [0.4, 0.5) is 0 Å². The van der Waals surface area contributed by atoms with Crippen molar-refractivity contribution in [1.82, 2.24) is 5.32 Å². The third kappa shape index (κ3) is 2.83. The maximum absolute atomic E-state index is 12.2. The van der Waals surface area contributed by atoms with Crippen molar-refractivity contribution in [2.45, 2.75) is 49.3 Å². The molecule has 0 saturated heterocycles. The van der Waals surface area contributed by atoms with Gasteiger partial charge in [-0.15, -0.1) is 11.8 Å². The summed E-state index contributed by atoms with van der Waals surface area (Å²) in [6.45, 7) is 6.23. The van der Waals surface area contributed by atoms with E-state index in [9.17, 15) is 4.79 Å². The third-order valence-electron chi connectivity index (χ3n) is 3.29. The average molecular weight is 249 g/mol. The van der Waals surface area contributed by atoms with Crippen molar-refractivity contribution in [2.75, 3.05) is 0 Å². The number of hydrogen-bond donors (Lipinski definition) is 1. The van der Waals surface area contributed by atoms with Crippen molar-refractivity contribution in [1.29, 1.82) is 0 Å². The molecule has 0 aromatic heterocycles. The molecule has 2 rings (SSSR count). The predicted molar refractivity (Wildman–Crippen MR) is 72.3 cm³/mol. The molecule has 0 bridgehead atoms. The molecule has 0 aliphatic carbocycles. The third-order valence-corrected chi connectivity index (χ3v) is 4.60. The largest absolute Gasteiger partial charge is 0.350 e. The molecule has 0 radical (unpaired) electrons. The Morgan fingerprint density at radius 1 is 1.47 bits per heavy atom. The fourth-order valence-corrected chi connectivity index (χ4v) is 3.03. The highest BCUT2D eigenvalue weighted by Crippen LogP contribution is 2.36. The van der Waals surface area contributed by atoms with Gasteiger partial charge in [0.1, 0.15) is 0 Å². The van der Waals surface area contributed by atoms with Gasteiger partial charge in [-0.1, -0.05) is 25.1 Å². The zero-order valence-corrected chi connectivity index (χ0v) is 11.4. The van der Waals surface area contributed by atoms with Crippen LogP contribution >= 0.6 is 11.8 Å². The van der Waals surface area contributed by atoms with Crippen molar-refractivity contribution in [3.8, 4) is 0 Å². The number of thioether (sulfide) groups is 1. The van der Waals surface area contributed by atoms with E-state index in [1.807, 2.05) is 12.1 Å². The molecule has 1 aromatic rings. The van der Waals surface area contributed by atoms with Crippen LogP contribution in [0.15, 0.2) is 29.2 Å². The van der Waals surface area contributed by atoms with Gasteiger partial charge in [0.05, 0.1) is 5.25 Å². The van der Waals surface area contributed by atoms with Crippen LogP contribution in [0.2, 0.25) is 0 Å². The first-order valence-electron chi connectivity index (χ1n) is 6.08. The lowest BCUT2D eigenvalue weighted by Crippen LogP contribution is -2.46. The average Bonchev–Trinajstić information content (AvgIpc) is 2.72. The summed E-state index contributed by atoms with van der Waals surface area (Å²) in [7, 11) is 0. The van der Waals surface area contributed by atoms with Crippen LogP contribution in [0.1, 0.15) is 32.8 Å². The summed E-state index contributed by atoms with van der Waals surface area (Å²) in [6, 6.07) is 8.27. The number of benzene rings is 1. The van der Waals surface area contributed by atoms with Crippen molar-refractivity contribution >= 4 is 17.7 Å². The number of carbonyl (C=O) groups excluding carboxylic acids is 1. The second-order valence-electron chi connectivity index (χ2n) is 5.15. The number of hydrogen-bond acceptors (Lipinski definition) is 2. The van der Waals surface area contributed by atoms with Gasteiger partial charge in [-0.05, 0) is 38.3 Å². The van der Waals surface area contributed by atoms with Gasteiger partial charge in [-0.25, -0.2) is 0 Å². The molecule has 0 saturated carbocycles. The lowest BCUT2D eigenvalue weighted by molar-refractivity contribution is -0.122. The molecule has 1 aromatic carbocycles. The highest BCUT2D eigenvalue weighted by molar-refractivity contribution is 8.01. The standard InChI is InChI=1S/C14H19NOS/c1-4-14(2,3)15-13(16)12-9-10-7-5-6-8-11(10)17-12/h5-8,12H,4,9H2,1-3H3,(H,15,16). The van der Waals surface area contributed by atoms with E-state index in [1.165, 1.54) is 10.5 Å². The van der Waals surface area contributed by atoms with Crippen LogP contribution in [0.3, 0.4) is 0 Å². The van der Waals surface area contributed by atoms with Crippen molar-refractivity contribution in [3.05, 3.63) is 29.8 Å². The van der Waals surface area contributed by atoms with E-state index in [1.54, 1.807) is 11.8 Å². The lowest BCUT2D eigenvalue weighted by Gasteiger charge is -2.26. The molecule has 0 spiro atoms. The summed E-state index contributed by atoms with van der Waals surface area (Å²) < 4.78 is 0. The fourth-order valence-electron chi connectivity index (χ4n) is 1.83. The fraction of sp³-hybridized carbons (Fsp3) is 0.500. The molecular weight excluding hydrogens is 230 g/mol. The number of fused-ring (bicyclic) bond motifs is 1. The minimum absolute atomic E-state index is 0.0400. The number of nitrogens with one attached hydrogen (secondary N) is 1. The van der Waals surface area contributed by atoms with Gasteiger partial charge >= 0.3 is 0 Å². The number of rotatable bonds is 3. The molecular formula is C14H19NOS. The quantitative estimate of drug-likeness (QED) is 0.892. The summed E-state index contributed by atoms with van der Waals surface area (Å²) >= 11 is 1.68. The molecule has 1 aliphatic rings. The van der Waals surface area contributed by atoms with E-state index >= 15 is 0 Å². The smallest absolute Gasteiger partial charge is 0.234 e. The number of amides is 1. The monoisotopic (exact) mass is 249 g/mol. The second kappa shape index (κ2) is 4.73. The Balaban J connectivity index is 2.01. The van der Waals surface area contributed by atoms with Gasteiger partial charge in [0, 0.05) is 10.4 Å². The first kappa shape index (κ1) is 12.5. The van der Waals surface area contributed by atoms with Gasteiger partial charge in [0.25, 0.3) is 0 Å². The van der Waals surface area contributed by atoms with E-state index in [2.05, 4.69) is 38.2 Å². The Morgan fingerprint density at radius 2 is 2.18 bits per heavy atom. The Hall–Kier alpha value is -0.960. The predicted octanol–water partition coefficient (Wildman–Crippen LogP) is 3.01. The van der Waals surface area contributed by atoms with E-state index < -0.39 is 0 Å². The van der Waals surface area contributed by atoms with Crippen LogP contribution in [0.5, 0.6) is 0 Å². The maximum Gasteiger partial charge on any atom is 0.234 e. The Morgan fingerprint density at radius 3 is 2.82 bits per heavy atom. The maximum atomic E-state index is 12.2. The van der Waals surface area contributed by atoms with Gasteiger partial charge in [-0.2, -0.15) is 0 Å².